The Morgan fingerprint density at radius 2 is 2.00 bits per heavy atom. The third-order valence-electron chi connectivity index (χ3n) is 5.98. The summed E-state index contributed by atoms with van der Waals surface area (Å²) in [4.78, 5) is 33.2. The number of carbonyl (C=O) groups is 2. The highest BCUT2D eigenvalue weighted by Crippen LogP contribution is 2.33. The van der Waals surface area contributed by atoms with Gasteiger partial charge in [0.1, 0.15) is 0 Å². The van der Waals surface area contributed by atoms with Gasteiger partial charge in [0, 0.05) is 50.5 Å². The molecule has 7 heteroatoms. The summed E-state index contributed by atoms with van der Waals surface area (Å²) in [5.74, 6) is 0.536. The van der Waals surface area contributed by atoms with Gasteiger partial charge < -0.3 is 15.3 Å². The number of aliphatic hydroxyl groups is 1. The highest BCUT2D eigenvalue weighted by Gasteiger charge is 2.42. The first kappa shape index (κ1) is 18.4. The fraction of sp³-hybridized carbons (Fsp3) is 0.650. The molecule has 146 valence electrons. The largest absolute Gasteiger partial charge is 0.392 e. The minimum absolute atomic E-state index is 0.0353. The van der Waals surface area contributed by atoms with Crippen LogP contribution in [0.4, 0.5) is 0 Å². The van der Waals surface area contributed by atoms with E-state index in [-0.39, 0.29) is 23.9 Å². The van der Waals surface area contributed by atoms with Crippen LogP contribution in [0.2, 0.25) is 0 Å². The summed E-state index contributed by atoms with van der Waals surface area (Å²) < 4.78 is 0. The summed E-state index contributed by atoms with van der Waals surface area (Å²) in [6.45, 7) is 2.50. The van der Waals surface area contributed by atoms with Gasteiger partial charge in [0.25, 0.3) is 0 Å². The molecule has 0 aromatic carbocycles. The number of aliphatic hydroxyl groups excluding tert-OH is 1. The predicted octanol–water partition coefficient (Wildman–Crippen LogP) is 0.534. The molecular weight excluding hydrogens is 344 g/mol. The lowest BCUT2D eigenvalue weighted by Crippen LogP contribution is -2.52. The molecule has 0 radical (unpaired) electrons. The van der Waals surface area contributed by atoms with Crippen molar-refractivity contribution < 1.29 is 14.7 Å². The Bertz CT molecular complexity index is 671. The van der Waals surface area contributed by atoms with Gasteiger partial charge in [-0.2, -0.15) is 0 Å². The highest BCUT2D eigenvalue weighted by atomic mass is 16.3. The molecule has 3 heterocycles. The molecule has 3 aliphatic rings. The molecule has 1 saturated carbocycles. The number of β-amino-alcohol motifs (C(OH)–C–C–N with tert-alkyl or cyclic N) is 1. The first-order valence-corrected chi connectivity index (χ1v) is 10.0. The van der Waals surface area contributed by atoms with Crippen molar-refractivity contribution in [3.05, 3.63) is 30.1 Å². The van der Waals surface area contributed by atoms with Crippen LogP contribution >= 0.6 is 0 Å². The summed E-state index contributed by atoms with van der Waals surface area (Å²) in [7, 11) is 0. The van der Waals surface area contributed by atoms with Crippen molar-refractivity contribution in [1.82, 2.24) is 20.1 Å². The topological polar surface area (TPSA) is 85.8 Å². The standard InChI is InChI=1S/C20H28N4O3/c25-17-10-18(19(26)22-12-14-2-1-7-21-11-14)24(13-17)16-5-8-23(9-6-16)20(27)15-3-4-15/h1-2,7,11,15-18,25H,3-6,8-10,12-13H2,(H,22,26)/t17-,18+/m1/s1. The van der Waals surface area contributed by atoms with E-state index in [4.69, 9.17) is 0 Å². The molecule has 4 rings (SSSR count). The normalized spacial score (nSPS) is 26.9. The minimum Gasteiger partial charge on any atom is -0.392 e. The number of carbonyl (C=O) groups excluding carboxylic acids is 2. The second-order valence-electron chi connectivity index (χ2n) is 8.01. The van der Waals surface area contributed by atoms with Crippen LogP contribution in [0, 0.1) is 5.92 Å². The number of piperidine rings is 1. The molecule has 0 spiro atoms. The second-order valence-corrected chi connectivity index (χ2v) is 8.01. The van der Waals surface area contributed by atoms with Crippen molar-refractivity contribution in [2.45, 2.75) is 56.8 Å². The van der Waals surface area contributed by atoms with Crippen LogP contribution < -0.4 is 5.32 Å². The van der Waals surface area contributed by atoms with E-state index < -0.39 is 6.10 Å². The SMILES string of the molecule is O=C(NCc1cccnc1)[C@@H]1C[C@@H](O)CN1C1CCN(C(=O)C2CC2)CC1. The molecule has 7 nitrogen and oxygen atoms in total. The van der Waals surface area contributed by atoms with Gasteiger partial charge >= 0.3 is 0 Å². The molecule has 2 amide bonds. The average Bonchev–Trinajstić information content (AvgIpc) is 3.48. The van der Waals surface area contributed by atoms with Gasteiger partial charge in [-0.05, 0) is 43.7 Å². The van der Waals surface area contributed by atoms with E-state index in [0.29, 0.717) is 25.4 Å². The lowest BCUT2D eigenvalue weighted by atomic mass is 10.0. The molecular formula is C20H28N4O3. The smallest absolute Gasteiger partial charge is 0.237 e. The number of aromatic nitrogens is 1. The molecule has 1 aliphatic carbocycles. The van der Waals surface area contributed by atoms with E-state index in [1.54, 1.807) is 12.4 Å². The molecule has 1 aromatic heterocycles. The van der Waals surface area contributed by atoms with Crippen molar-refractivity contribution in [2.75, 3.05) is 19.6 Å². The zero-order chi connectivity index (χ0) is 18.8. The molecule has 0 bridgehead atoms. The minimum atomic E-state index is -0.467. The van der Waals surface area contributed by atoms with Gasteiger partial charge in [-0.15, -0.1) is 0 Å². The Morgan fingerprint density at radius 1 is 1.22 bits per heavy atom. The lowest BCUT2D eigenvalue weighted by Gasteiger charge is -2.39. The van der Waals surface area contributed by atoms with E-state index in [9.17, 15) is 14.7 Å². The third kappa shape index (κ3) is 4.30. The quantitative estimate of drug-likeness (QED) is 0.788. The van der Waals surface area contributed by atoms with Crippen molar-refractivity contribution in [1.29, 1.82) is 0 Å². The maximum absolute atomic E-state index is 12.7. The van der Waals surface area contributed by atoms with Gasteiger partial charge in [0.15, 0.2) is 0 Å². The average molecular weight is 372 g/mol. The second kappa shape index (κ2) is 7.94. The van der Waals surface area contributed by atoms with Crippen LogP contribution in [-0.4, -0.2) is 69.5 Å². The van der Waals surface area contributed by atoms with Crippen molar-refractivity contribution in [3.63, 3.8) is 0 Å². The zero-order valence-corrected chi connectivity index (χ0v) is 15.6. The maximum atomic E-state index is 12.7. The number of likely N-dealkylation sites (tertiary alicyclic amines) is 2. The van der Waals surface area contributed by atoms with Gasteiger partial charge in [0.05, 0.1) is 12.1 Å². The molecule has 1 aromatic rings. The lowest BCUT2D eigenvalue weighted by molar-refractivity contribution is -0.135. The fourth-order valence-electron chi connectivity index (χ4n) is 4.32. The Balaban J connectivity index is 1.32. The molecule has 27 heavy (non-hydrogen) atoms. The number of nitrogens with zero attached hydrogens (tertiary/aromatic N) is 3. The molecule has 0 unspecified atom stereocenters. The number of pyridine rings is 1. The summed E-state index contributed by atoms with van der Waals surface area (Å²) >= 11 is 0. The van der Waals surface area contributed by atoms with Gasteiger partial charge in [-0.25, -0.2) is 0 Å². The van der Waals surface area contributed by atoms with E-state index in [2.05, 4.69) is 15.2 Å². The molecule has 2 aliphatic heterocycles. The van der Waals surface area contributed by atoms with Gasteiger partial charge in [-0.3, -0.25) is 19.5 Å². The van der Waals surface area contributed by atoms with Crippen LogP contribution in [0.1, 0.15) is 37.7 Å². The van der Waals surface area contributed by atoms with E-state index in [0.717, 1.165) is 44.3 Å². The van der Waals surface area contributed by atoms with Crippen molar-refractivity contribution in [2.24, 2.45) is 5.92 Å². The first-order chi connectivity index (χ1) is 13.1. The number of amides is 2. The van der Waals surface area contributed by atoms with E-state index in [1.165, 1.54) is 0 Å². The van der Waals surface area contributed by atoms with Crippen LogP contribution in [0.3, 0.4) is 0 Å². The van der Waals surface area contributed by atoms with Crippen molar-refractivity contribution in [3.8, 4) is 0 Å². The Morgan fingerprint density at radius 3 is 2.67 bits per heavy atom. The monoisotopic (exact) mass is 372 g/mol. The van der Waals surface area contributed by atoms with E-state index in [1.807, 2.05) is 17.0 Å². The summed E-state index contributed by atoms with van der Waals surface area (Å²) in [6, 6.07) is 3.73. The molecule has 2 saturated heterocycles. The van der Waals surface area contributed by atoms with E-state index >= 15 is 0 Å². The van der Waals surface area contributed by atoms with Crippen LogP contribution in [0.25, 0.3) is 0 Å². The number of rotatable bonds is 5. The number of nitrogens with one attached hydrogen (secondary N) is 1. The number of hydrogen-bond acceptors (Lipinski definition) is 5. The summed E-state index contributed by atoms with van der Waals surface area (Å²) in [6.07, 6.45) is 7.28. The third-order valence-corrected chi connectivity index (χ3v) is 5.98. The van der Waals surface area contributed by atoms with Crippen molar-refractivity contribution >= 4 is 11.8 Å². The fourth-order valence-corrected chi connectivity index (χ4v) is 4.32. The highest BCUT2D eigenvalue weighted by molar-refractivity contribution is 5.82. The predicted molar refractivity (Wildman–Crippen MR) is 99.5 cm³/mol. The Labute approximate surface area is 159 Å². The molecule has 2 N–H and O–H groups in total. The Hall–Kier alpha value is -1.99. The van der Waals surface area contributed by atoms with Gasteiger partial charge in [0.2, 0.25) is 11.8 Å². The van der Waals surface area contributed by atoms with Crippen LogP contribution in [0.15, 0.2) is 24.5 Å². The summed E-state index contributed by atoms with van der Waals surface area (Å²) in [5.41, 5.74) is 0.961. The summed E-state index contributed by atoms with van der Waals surface area (Å²) in [5, 5.41) is 13.1. The van der Waals surface area contributed by atoms with Gasteiger partial charge in [-0.1, -0.05) is 6.07 Å². The molecule has 3 fully saturated rings. The maximum Gasteiger partial charge on any atom is 0.237 e. The number of hydrogen-bond donors (Lipinski definition) is 2. The van der Waals surface area contributed by atoms with Crippen LogP contribution in [0.5, 0.6) is 0 Å². The Kier molecular flexibility index (Phi) is 5.41. The first-order valence-electron chi connectivity index (χ1n) is 10.0. The zero-order valence-electron chi connectivity index (χ0n) is 15.6. The molecule has 2 atom stereocenters. The van der Waals surface area contributed by atoms with Crippen LogP contribution in [-0.2, 0) is 16.1 Å².